The maximum absolute atomic E-state index is 12.5. The number of aliphatic hydroxyl groups excluding tert-OH is 2. The van der Waals surface area contributed by atoms with Gasteiger partial charge < -0.3 is 20.3 Å². The molecule has 2 atom stereocenters. The zero-order valence-corrected chi connectivity index (χ0v) is 43.0. The van der Waals surface area contributed by atoms with Crippen molar-refractivity contribution in [1.29, 1.82) is 0 Å². The van der Waals surface area contributed by atoms with Gasteiger partial charge >= 0.3 is 5.97 Å². The largest absolute Gasteiger partial charge is 0.466 e. The number of esters is 1. The second kappa shape index (κ2) is 54.0. The molecule has 0 saturated heterocycles. The van der Waals surface area contributed by atoms with E-state index in [1.165, 1.54) is 193 Å². The first-order valence-electron chi connectivity index (χ1n) is 28.6. The molecule has 0 aliphatic carbocycles. The van der Waals surface area contributed by atoms with Crippen LogP contribution in [-0.2, 0) is 14.3 Å². The van der Waals surface area contributed by atoms with E-state index >= 15 is 0 Å². The van der Waals surface area contributed by atoms with Crippen LogP contribution in [0.4, 0.5) is 0 Å². The highest BCUT2D eigenvalue weighted by atomic mass is 16.5. The molecule has 0 aromatic heterocycles. The molecule has 0 spiro atoms. The van der Waals surface area contributed by atoms with E-state index < -0.39 is 12.1 Å². The molecular formula is C58H111NO5. The summed E-state index contributed by atoms with van der Waals surface area (Å²) in [5, 5.41) is 23.3. The third kappa shape index (κ3) is 49.8. The molecular weight excluding hydrogens is 791 g/mol. The Morgan fingerprint density at radius 2 is 0.750 bits per heavy atom. The molecule has 0 aliphatic rings. The predicted octanol–water partition coefficient (Wildman–Crippen LogP) is 17.5. The first-order chi connectivity index (χ1) is 31.5. The van der Waals surface area contributed by atoms with Crippen LogP contribution in [0, 0.1) is 0 Å². The van der Waals surface area contributed by atoms with Gasteiger partial charge in [0.1, 0.15) is 0 Å². The molecule has 0 saturated carbocycles. The Kier molecular flexibility index (Phi) is 52.6. The number of amides is 1. The van der Waals surface area contributed by atoms with Crippen molar-refractivity contribution in [3.8, 4) is 0 Å². The second-order valence-electron chi connectivity index (χ2n) is 19.6. The van der Waals surface area contributed by atoms with Crippen LogP contribution in [0.1, 0.15) is 309 Å². The molecule has 0 fully saturated rings. The van der Waals surface area contributed by atoms with Gasteiger partial charge in [-0.2, -0.15) is 0 Å². The summed E-state index contributed by atoms with van der Waals surface area (Å²) in [7, 11) is 0. The zero-order valence-electron chi connectivity index (χ0n) is 43.0. The Labute approximate surface area is 399 Å². The Balaban J connectivity index is 3.49. The molecule has 6 heteroatoms. The summed E-state index contributed by atoms with van der Waals surface area (Å²) in [5.74, 6) is -0.103. The summed E-state index contributed by atoms with van der Waals surface area (Å²) < 4.78 is 5.42. The molecule has 1 amide bonds. The van der Waals surface area contributed by atoms with E-state index in [1.807, 2.05) is 0 Å². The highest BCUT2D eigenvalue weighted by Crippen LogP contribution is 2.17. The molecule has 64 heavy (non-hydrogen) atoms. The van der Waals surface area contributed by atoms with E-state index in [2.05, 4.69) is 43.5 Å². The fraction of sp³-hybridized carbons (Fsp3) is 0.897. The fourth-order valence-corrected chi connectivity index (χ4v) is 8.79. The number of hydrogen-bond donors (Lipinski definition) is 3. The van der Waals surface area contributed by atoms with Gasteiger partial charge in [0.05, 0.1) is 25.4 Å². The van der Waals surface area contributed by atoms with Crippen LogP contribution in [0.2, 0.25) is 0 Å². The van der Waals surface area contributed by atoms with Crippen molar-refractivity contribution in [1.82, 2.24) is 5.32 Å². The lowest BCUT2D eigenvalue weighted by molar-refractivity contribution is -0.143. The first-order valence-corrected chi connectivity index (χ1v) is 28.6. The lowest BCUT2D eigenvalue weighted by Crippen LogP contribution is -2.45. The molecule has 6 nitrogen and oxygen atoms in total. The van der Waals surface area contributed by atoms with Gasteiger partial charge in [0.2, 0.25) is 5.91 Å². The number of carbonyl (C=O) groups excluding carboxylic acids is 2. The van der Waals surface area contributed by atoms with Gasteiger partial charge in [0.25, 0.3) is 0 Å². The monoisotopic (exact) mass is 902 g/mol. The number of carbonyl (C=O) groups is 2. The fourth-order valence-electron chi connectivity index (χ4n) is 8.79. The summed E-state index contributed by atoms with van der Waals surface area (Å²) >= 11 is 0. The lowest BCUT2D eigenvalue weighted by atomic mass is 10.0. The Bertz CT molecular complexity index is 997. The minimum atomic E-state index is -0.684. The number of nitrogens with one attached hydrogen (secondary N) is 1. The smallest absolute Gasteiger partial charge is 0.305 e. The lowest BCUT2D eigenvalue weighted by Gasteiger charge is -2.22. The van der Waals surface area contributed by atoms with Gasteiger partial charge in [0, 0.05) is 12.8 Å². The number of ether oxygens (including phenoxy) is 1. The van der Waals surface area contributed by atoms with E-state index in [4.69, 9.17) is 4.74 Å². The standard InChI is InChI=1S/C58H111NO5/c1-3-5-7-9-11-13-15-16-17-18-19-20-21-22-23-24-25-26-27-28-31-34-38-42-46-50-56(61)55(54-60)59-57(62)51-47-43-39-35-32-29-33-37-41-45-49-53-64-58(63)52-48-44-40-36-30-14-12-10-8-6-4-2/h10,12,33,37,55-56,60-61H,3-9,11,13-32,34-36,38-54H2,1-2H3,(H,59,62)/b12-10-,37-33-. The van der Waals surface area contributed by atoms with Crippen LogP contribution in [0.25, 0.3) is 0 Å². The number of rotatable bonds is 53. The summed E-state index contributed by atoms with van der Waals surface area (Å²) in [6.45, 7) is 4.85. The molecule has 0 rings (SSSR count). The highest BCUT2D eigenvalue weighted by molar-refractivity contribution is 5.76. The van der Waals surface area contributed by atoms with Crippen molar-refractivity contribution in [2.45, 2.75) is 321 Å². The van der Waals surface area contributed by atoms with Crippen molar-refractivity contribution in [2.24, 2.45) is 0 Å². The van der Waals surface area contributed by atoms with Gasteiger partial charge in [-0.25, -0.2) is 0 Å². The maximum atomic E-state index is 12.5. The van der Waals surface area contributed by atoms with E-state index in [-0.39, 0.29) is 18.5 Å². The van der Waals surface area contributed by atoms with Crippen molar-refractivity contribution in [3.63, 3.8) is 0 Å². The Morgan fingerprint density at radius 3 is 1.16 bits per heavy atom. The Morgan fingerprint density at radius 1 is 0.422 bits per heavy atom. The van der Waals surface area contributed by atoms with Crippen molar-refractivity contribution < 1.29 is 24.5 Å². The molecule has 3 N–H and O–H groups in total. The molecule has 0 radical (unpaired) electrons. The minimum absolute atomic E-state index is 0.0415. The van der Waals surface area contributed by atoms with E-state index in [1.54, 1.807) is 0 Å². The van der Waals surface area contributed by atoms with Crippen molar-refractivity contribution in [3.05, 3.63) is 24.3 Å². The van der Waals surface area contributed by atoms with Crippen LogP contribution < -0.4 is 5.32 Å². The van der Waals surface area contributed by atoms with Gasteiger partial charge in [-0.3, -0.25) is 9.59 Å². The quantitative estimate of drug-likeness (QED) is 0.0321. The number of unbranched alkanes of at least 4 members (excludes halogenated alkanes) is 38. The summed E-state index contributed by atoms with van der Waals surface area (Å²) in [6.07, 6.45) is 64.6. The molecule has 0 aliphatic heterocycles. The highest BCUT2D eigenvalue weighted by Gasteiger charge is 2.20. The molecule has 378 valence electrons. The first kappa shape index (κ1) is 62.3. The normalized spacial score (nSPS) is 12.8. The average molecular weight is 903 g/mol. The number of aliphatic hydroxyl groups is 2. The molecule has 0 aromatic carbocycles. The molecule has 0 bridgehead atoms. The SMILES string of the molecule is CCCC/C=C\CCCCCCCC(=O)OCCCC/C=C\CCCCCCCC(=O)NC(CO)C(O)CCCCCCCCCCCCCCCCCCCCCCCCCCC. The third-order valence-corrected chi connectivity index (χ3v) is 13.2. The third-order valence-electron chi connectivity index (χ3n) is 13.2. The molecule has 0 aromatic rings. The van der Waals surface area contributed by atoms with E-state index in [9.17, 15) is 19.8 Å². The van der Waals surface area contributed by atoms with Crippen molar-refractivity contribution >= 4 is 11.9 Å². The Hall–Kier alpha value is -1.66. The predicted molar refractivity (Wildman–Crippen MR) is 278 cm³/mol. The van der Waals surface area contributed by atoms with Gasteiger partial charge in [-0.15, -0.1) is 0 Å². The van der Waals surface area contributed by atoms with Crippen LogP contribution >= 0.6 is 0 Å². The van der Waals surface area contributed by atoms with E-state index in [0.29, 0.717) is 25.9 Å². The van der Waals surface area contributed by atoms with Crippen LogP contribution in [0.15, 0.2) is 24.3 Å². The van der Waals surface area contributed by atoms with Crippen LogP contribution in [0.3, 0.4) is 0 Å². The molecule has 2 unspecified atom stereocenters. The van der Waals surface area contributed by atoms with Gasteiger partial charge in [-0.1, -0.05) is 250 Å². The second-order valence-corrected chi connectivity index (χ2v) is 19.6. The average Bonchev–Trinajstić information content (AvgIpc) is 3.29. The summed E-state index contributed by atoms with van der Waals surface area (Å²) in [6, 6.07) is -0.564. The van der Waals surface area contributed by atoms with Crippen molar-refractivity contribution in [2.75, 3.05) is 13.2 Å². The number of allylic oxidation sites excluding steroid dienone is 4. The van der Waals surface area contributed by atoms with Crippen LogP contribution in [-0.4, -0.2) is 47.4 Å². The van der Waals surface area contributed by atoms with Gasteiger partial charge in [-0.05, 0) is 70.6 Å². The summed E-state index contributed by atoms with van der Waals surface area (Å²) in [4.78, 5) is 24.5. The van der Waals surface area contributed by atoms with Gasteiger partial charge in [0.15, 0.2) is 0 Å². The van der Waals surface area contributed by atoms with Crippen LogP contribution in [0.5, 0.6) is 0 Å². The minimum Gasteiger partial charge on any atom is -0.466 e. The topological polar surface area (TPSA) is 95.9 Å². The molecule has 0 heterocycles. The maximum Gasteiger partial charge on any atom is 0.305 e. The van der Waals surface area contributed by atoms with E-state index in [0.717, 1.165) is 83.5 Å². The zero-order chi connectivity index (χ0) is 46.5. The summed E-state index contributed by atoms with van der Waals surface area (Å²) in [5.41, 5.74) is 0. The number of hydrogen-bond acceptors (Lipinski definition) is 5.